The maximum Gasteiger partial charge on any atom is 0.433 e. The SMILES string of the molecule is Fc1cccc(C(F)(F)F)n1. The summed E-state index contributed by atoms with van der Waals surface area (Å²) < 4.78 is 47.3. The van der Waals surface area contributed by atoms with Crippen molar-refractivity contribution in [2.24, 2.45) is 0 Å². The summed E-state index contributed by atoms with van der Waals surface area (Å²) in [5.41, 5.74) is -1.21. The Hall–Kier alpha value is -1.13. The summed E-state index contributed by atoms with van der Waals surface area (Å²) in [6.07, 6.45) is -4.57. The van der Waals surface area contributed by atoms with Crippen LogP contribution in [0.15, 0.2) is 18.2 Å². The first-order valence-corrected chi connectivity index (χ1v) is 2.70. The first-order chi connectivity index (χ1) is 5.00. The Bertz CT molecular complexity index is 255. The monoisotopic (exact) mass is 165 g/mol. The molecule has 5 heteroatoms. The van der Waals surface area contributed by atoms with Crippen molar-refractivity contribution in [1.82, 2.24) is 4.98 Å². The van der Waals surface area contributed by atoms with Gasteiger partial charge in [0.15, 0.2) is 0 Å². The lowest BCUT2D eigenvalue weighted by Gasteiger charge is -2.03. The van der Waals surface area contributed by atoms with E-state index in [0.717, 1.165) is 12.1 Å². The van der Waals surface area contributed by atoms with Crippen molar-refractivity contribution < 1.29 is 17.6 Å². The molecule has 0 saturated carbocycles. The normalized spacial score (nSPS) is 11.6. The molecule has 1 aromatic heterocycles. The summed E-state index contributed by atoms with van der Waals surface area (Å²) in [5.74, 6) is -1.13. The number of nitrogens with zero attached hydrogens (tertiary/aromatic N) is 1. The highest BCUT2D eigenvalue weighted by Gasteiger charge is 2.32. The summed E-state index contributed by atoms with van der Waals surface area (Å²) in [6, 6.07) is 2.53. The molecule has 1 nitrogen and oxygen atoms in total. The van der Waals surface area contributed by atoms with Gasteiger partial charge in [-0.15, -0.1) is 0 Å². The lowest BCUT2D eigenvalue weighted by Crippen LogP contribution is -2.08. The number of alkyl halides is 3. The zero-order valence-corrected chi connectivity index (χ0v) is 5.19. The van der Waals surface area contributed by atoms with Gasteiger partial charge in [0.2, 0.25) is 5.95 Å². The van der Waals surface area contributed by atoms with Gasteiger partial charge < -0.3 is 0 Å². The number of hydrogen-bond acceptors (Lipinski definition) is 1. The van der Waals surface area contributed by atoms with Crippen LogP contribution >= 0.6 is 0 Å². The molecule has 0 N–H and O–H groups in total. The van der Waals surface area contributed by atoms with Gasteiger partial charge in [-0.3, -0.25) is 0 Å². The van der Waals surface area contributed by atoms with Crippen molar-refractivity contribution in [3.05, 3.63) is 29.8 Å². The Balaban J connectivity index is 3.06. The molecule has 60 valence electrons. The fourth-order valence-electron chi connectivity index (χ4n) is 0.566. The Labute approximate surface area is 59.7 Å². The van der Waals surface area contributed by atoms with E-state index in [9.17, 15) is 17.6 Å². The van der Waals surface area contributed by atoms with Crippen LogP contribution in [0.2, 0.25) is 0 Å². The summed E-state index contributed by atoms with van der Waals surface area (Å²) in [4.78, 5) is 2.65. The first-order valence-electron chi connectivity index (χ1n) is 2.70. The zero-order chi connectivity index (χ0) is 8.48. The first kappa shape index (κ1) is 7.97. The Morgan fingerprint density at radius 2 is 1.82 bits per heavy atom. The minimum absolute atomic E-state index is 0.711. The second-order valence-corrected chi connectivity index (χ2v) is 1.84. The predicted octanol–water partition coefficient (Wildman–Crippen LogP) is 2.24. The van der Waals surface area contributed by atoms with Crippen LogP contribution < -0.4 is 0 Å². The minimum atomic E-state index is -4.57. The van der Waals surface area contributed by atoms with Crippen LogP contribution in [0, 0.1) is 5.95 Å². The van der Waals surface area contributed by atoms with Crippen LogP contribution in [-0.4, -0.2) is 4.98 Å². The predicted molar refractivity (Wildman–Crippen MR) is 29.2 cm³/mol. The van der Waals surface area contributed by atoms with Crippen LogP contribution in [0.1, 0.15) is 5.69 Å². The summed E-state index contributed by atoms with van der Waals surface area (Å²) >= 11 is 0. The third kappa shape index (κ3) is 1.89. The molecule has 0 aliphatic carbocycles. The molecule has 0 atom stereocenters. The standard InChI is InChI=1S/C6H3F4N/c7-5-3-1-2-4(11-5)6(8,9)10/h1-3H. The molecule has 1 heterocycles. The van der Waals surface area contributed by atoms with Crippen molar-refractivity contribution in [1.29, 1.82) is 0 Å². The number of halogens is 4. The van der Waals surface area contributed by atoms with Gasteiger partial charge in [-0.2, -0.15) is 17.6 Å². The highest BCUT2D eigenvalue weighted by atomic mass is 19.4. The van der Waals surface area contributed by atoms with Crippen LogP contribution in [0.25, 0.3) is 0 Å². The maximum absolute atomic E-state index is 12.1. The molecule has 0 radical (unpaired) electrons. The number of pyridine rings is 1. The Kier molecular flexibility index (Phi) is 1.80. The van der Waals surface area contributed by atoms with E-state index in [1.54, 1.807) is 0 Å². The van der Waals surface area contributed by atoms with Gasteiger partial charge in [0.25, 0.3) is 0 Å². The molecule has 1 rings (SSSR count). The third-order valence-corrected chi connectivity index (χ3v) is 1.01. The van der Waals surface area contributed by atoms with Crippen LogP contribution in [0.4, 0.5) is 17.6 Å². The minimum Gasteiger partial charge on any atom is -0.215 e. The van der Waals surface area contributed by atoms with E-state index in [2.05, 4.69) is 4.98 Å². The zero-order valence-electron chi connectivity index (χ0n) is 5.19. The van der Waals surface area contributed by atoms with E-state index in [1.807, 2.05) is 0 Å². The van der Waals surface area contributed by atoms with E-state index in [4.69, 9.17) is 0 Å². The topological polar surface area (TPSA) is 12.9 Å². The lowest BCUT2D eigenvalue weighted by atomic mass is 10.3. The van der Waals surface area contributed by atoms with Gasteiger partial charge in [0.1, 0.15) is 5.69 Å². The third-order valence-electron chi connectivity index (χ3n) is 1.01. The average molecular weight is 165 g/mol. The van der Waals surface area contributed by atoms with Gasteiger partial charge in [-0.1, -0.05) is 6.07 Å². The second kappa shape index (κ2) is 2.48. The Morgan fingerprint density at radius 1 is 1.18 bits per heavy atom. The fraction of sp³-hybridized carbons (Fsp3) is 0.167. The number of hydrogen-bond donors (Lipinski definition) is 0. The molecular formula is C6H3F4N. The van der Waals surface area contributed by atoms with Gasteiger partial charge in [0, 0.05) is 0 Å². The molecule has 0 amide bonds. The van der Waals surface area contributed by atoms with Gasteiger partial charge in [-0.05, 0) is 12.1 Å². The Morgan fingerprint density at radius 3 is 2.18 bits per heavy atom. The van der Waals surface area contributed by atoms with E-state index < -0.39 is 17.8 Å². The summed E-state index contributed by atoms with van der Waals surface area (Å²) in [5, 5.41) is 0. The molecule has 0 aromatic carbocycles. The van der Waals surface area contributed by atoms with Crippen molar-refractivity contribution in [2.45, 2.75) is 6.18 Å². The van der Waals surface area contributed by atoms with Gasteiger partial charge >= 0.3 is 6.18 Å². The van der Waals surface area contributed by atoms with E-state index in [-0.39, 0.29) is 0 Å². The molecule has 0 bridgehead atoms. The fourth-order valence-corrected chi connectivity index (χ4v) is 0.566. The molecular weight excluding hydrogens is 162 g/mol. The van der Waals surface area contributed by atoms with Crippen LogP contribution in [-0.2, 0) is 6.18 Å². The van der Waals surface area contributed by atoms with E-state index in [0.29, 0.717) is 6.07 Å². The summed E-state index contributed by atoms with van der Waals surface area (Å²) in [6.45, 7) is 0. The van der Waals surface area contributed by atoms with Gasteiger partial charge in [-0.25, -0.2) is 4.98 Å². The molecule has 0 aliphatic rings. The molecule has 0 fully saturated rings. The average Bonchev–Trinajstić information content (AvgIpc) is 1.86. The lowest BCUT2D eigenvalue weighted by molar-refractivity contribution is -0.141. The maximum atomic E-state index is 12.1. The van der Waals surface area contributed by atoms with Gasteiger partial charge in [0.05, 0.1) is 0 Å². The van der Waals surface area contributed by atoms with Crippen molar-refractivity contribution in [3.63, 3.8) is 0 Å². The molecule has 1 aromatic rings. The number of aromatic nitrogens is 1. The largest absolute Gasteiger partial charge is 0.433 e. The van der Waals surface area contributed by atoms with E-state index in [1.165, 1.54) is 0 Å². The molecule has 0 unspecified atom stereocenters. The second-order valence-electron chi connectivity index (χ2n) is 1.84. The molecule has 0 saturated heterocycles. The highest BCUT2D eigenvalue weighted by Crippen LogP contribution is 2.26. The quantitative estimate of drug-likeness (QED) is 0.424. The molecule has 0 spiro atoms. The smallest absolute Gasteiger partial charge is 0.215 e. The highest BCUT2D eigenvalue weighted by molar-refractivity contribution is 5.07. The van der Waals surface area contributed by atoms with E-state index >= 15 is 0 Å². The molecule has 11 heavy (non-hydrogen) atoms. The van der Waals surface area contributed by atoms with Crippen LogP contribution in [0.5, 0.6) is 0 Å². The molecule has 0 aliphatic heterocycles. The van der Waals surface area contributed by atoms with Crippen molar-refractivity contribution in [3.8, 4) is 0 Å². The van der Waals surface area contributed by atoms with Crippen LogP contribution in [0.3, 0.4) is 0 Å². The number of rotatable bonds is 0. The van der Waals surface area contributed by atoms with Crippen molar-refractivity contribution >= 4 is 0 Å². The summed E-state index contributed by atoms with van der Waals surface area (Å²) in [7, 11) is 0. The van der Waals surface area contributed by atoms with Crippen molar-refractivity contribution in [2.75, 3.05) is 0 Å².